The van der Waals surface area contributed by atoms with Gasteiger partial charge < -0.3 is 4.90 Å². The normalized spacial score (nSPS) is 10.5. The summed E-state index contributed by atoms with van der Waals surface area (Å²) in [5, 5.41) is 2.90. The molecule has 0 spiro atoms. The second-order valence-electron chi connectivity index (χ2n) is 4.04. The van der Waals surface area contributed by atoms with Crippen molar-refractivity contribution in [3.8, 4) is 0 Å². The molecule has 0 saturated heterocycles. The number of rotatable bonds is 3. The zero-order valence-electron chi connectivity index (χ0n) is 9.99. The van der Waals surface area contributed by atoms with Crippen LogP contribution < -0.4 is 0 Å². The first kappa shape index (κ1) is 14.9. The molecular formula is C13H10BrCl2NOS. The first-order valence-electron chi connectivity index (χ1n) is 5.41. The van der Waals surface area contributed by atoms with E-state index in [9.17, 15) is 4.79 Å². The highest BCUT2D eigenvalue weighted by molar-refractivity contribution is 9.11. The summed E-state index contributed by atoms with van der Waals surface area (Å²) in [6.07, 6.45) is 0. The molecule has 1 aromatic carbocycles. The van der Waals surface area contributed by atoms with Gasteiger partial charge in [0, 0.05) is 18.6 Å². The third kappa shape index (κ3) is 3.72. The van der Waals surface area contributed by atoms with E-state index >= 15 is 0 Å². The summed E-state index contributed by atoms with van der Waals surface area (Å²) < 4.78 is 1.05. The van der Waals surface area contributed by atoms with E-state index in [4.69, 9.17) is 23.2 Å². The monoisotopic (exact) mass is 377 g/mol. The van der Waals surface area contributed by atoms with Crippen molar-refractivity contribution in [2.24, 2.45) is 0 Å². The third-order valence-corrected chi connectivity index (χ3v) is 4.65. The summed E-state index contributed by atoms with van der Waals surface area (Å²) in [5.41, 5.74) is 1.54. The molecule has 0 radical (unpaired) electrons. The number of nitrogens with zero attached hydrogens (tertiary/aromatic N) is 1. The molecule has 100 valence electrons. The Balaban J connectivity index is 2.14. The van der Waals surface area contributed by atoms with Gasteiger partial charge in [-0.2, -0.15) is 0 Å². The molecule has 0 atom stereocenters. The number of benzene rings is 1. The molecule has 0 N–H and O–H groups in total. The summed E-state index contributed by atoms with van der Waals surface area (Å²) in [6, 6.07) is 6.88. The number of hydrogen-bond donors (Lipinski definition) is 0. The minimum atomic E-state index is -0.121. The number of carbonyl (C=O) groups is 1. The fourth-order valence-corrected chi connectivity index (χ4v) is 3.33. The van der Waals surface area contributed by atoms with Crippen molar-refractivity contribution in [1.29, 1.82) is 0 Å². The molecule has 0 bridgehead atoms. The molecule has 19 heavy (non-hydrogen) atoms. The van der Waals surface area contributed by atoms with Crippen LogP contribution in [0.15, 0.2) is 33.4 Å². The van der Waals surface area contributed by atoms with Gasteiger partial charge in [-0.1, -0.05) is 23.2 Å². The van der Waals surface area contributed by atoms with Crippen LogP contribution in [0.4, 0.5) is 0 Å². The van der Waals surface area contributed by atoms with E-state index in [0.29, 0.717) is 22.2 Å². The molecule has 1 aromatic heterocycles. The van der Waals surface area contributed by atoms with Crippen LogP contribution in [0, 0.1) is 0 Å². The molecule has 0 fully saturated rings. The third-order valence-electron chi connectivity index (χ3n) is 2.55. The lowest BCUT2D eigenvalue weighted by molar-refractivity contribution is 0.0785. The lowest BCUT2D eigenvalue weighted by atomic mass is 10.2. The fourth-order valence-electron chi connectivity index (χ4n) is 1.64. The van der Waals surface area contributed by atoms with Gasteiger partial charge in [0.15, 0.2) is 0 Å². The van der Waals surface area contributed by atoms with Gasteiger partial charge in [-0.3, -0.25) is 4.79 Å². The molecule has 0 aliphatic heterocycles. The predicted octanol–water partition coefficient (Wildman–Crippen LogP) is 5.09. The average molecular weight is 379 g/mol. The van der Waals surface area contributed by atoms with Crippen LogP contribution in [0.2, 0.25) is 10.0 Å². The highest BCUT2D eigenvalue weighted by Crippen LogP contribution is 2.24. The zero-order valence-corrected chi connectivity index (χ0v) is 13.9. The summed E-state index contributed by atoms with van der Waals surface area (Å²) in [4.78, 5) is 13.9. The Hall–Kier alpha value is -0.550. The Morgan fingerprint density at radius 2 is 2.11 bits per heavy atom. The Bertz CT molecular complexity index is 614. The molecule has 1 heterocycles. The molecule has 0 saturated carbocycles. The molecule has 0 unspecified atom stereocenters. The molecule has 6 heteroatoms. The number of thiophene rings is 1. The van der Waals surface area contributed by atoms with Gasteiger partial charge in [-0.15, -0.1) is 11.3 Å². The van der Waals surface area contributed by atoms with Crippen molar-refractivity contribution >= 4 is 56.4 Å². The Morgan fingerprint density at radius 1 is 1.37 bits per heavy atom. The summed E-state index contributed by atoms with van der Waals surface area (Å²) in [5.74, 6) is -0.121. The van der Waals surface area contributed by atoms with Gasteiger partial charge in [-0.05, 0) is 51.1 Å². The van der Waals surface area contributed by atoms with Crippen molar-refractivity contribution < 1.29 is 4.79 Å². The second kappa shape index (κ2) is 6.27. The van der Waals surface area contributed by atoms with E-state index < -0.39 is 0 Å². The number of halogens is 3. The Kier molecular flexibility index (Phi) is 4.90. The van der Waals surface area contributed by atoms with Gasteiger partial charge in [-0.25, -0.2) is 0 Å². The lowest BCUT2D eigenvalue weighted by Crippen LogP contribution is -2.26. The molecule has 2 aromatic rings. The molecule has 1 amide bonds. The maximum atomic E-state index is 12.3. The van der Waals surface area contributed by atoms with Crippen LogP contribution in [-0.4, -0.2) is 17.9 Å². The van der Waals surface area contributed by atoms with Gasteiger partial charge in [0.25, 0.3) is 5.91 Å². The van der Waals surface area contributed by atoms with Gasteiger partial charge in [0.05, 0.1) is 14.4 Å². The highest BCUT2D eigenvalue weighted by Gasteiger charge is 2.16. The van der Waals surface area contributed by atoms with Crippen LogP contribution in [0.25, 0.3) is 0 Å². The quantitative estimate of drug-likeness (QED) is 0.728. The van der Waals surface area contributed by atoms with E-state index in [0.717, 1.165) is 9.35 Å². The molecule has 2 nitrogen and oxygen atoms in total. The zero-order chi connectivity index (χ0) is 14.0. The largest absolute Gasteiger partial charge is 0.337 e. The van der Waals surface area contributed by atoms with E-state index in [-0.39, 0.29) is 5.91 Å². The first-order valence-corrected chi connectivity index (χ1v) is 7.83. The average Bonchev–Trinajstić information content (AvgIpc) is 2.74. The summed E-state index contributed by atoms with van der Waals surface area (Å²) in [7, 11) is 1.75. The molecule has 2 rings (SSSR count). The topological polar surface area (TPSA) is 20.3 Å². The predicted molar refractivity (Wildman–Crippen MR) is 84.3 cm³/mol. The van der Waals surface area contributed by atoms with Crippen LogP contribution in [0.3, 0.4) is 0 Å². The number of hydrogen-bond acceptors (Lipinski definition) is 2. The van der Waals surface area contributed by atoms with Crippen molar-refractivity contribution in [3.63, 3.8) is 0 Å². The fraction of sp³-hybridized carbons (Fsp3) is 0.154. The van der Waals surface area contributed by atoms with Gasteiger partial charge in [0.1, 0.15) is 0 Å². The maximum absolute atomic E-state index is 12.3. The Labute approximate surface area is 134 Å². The minimum absolute atomic E-state index is 0.121. The van der Waals surface area contributed by atoms with E-state index in [1.165, 1.54) is 0 Å². The summed E-state index contributed by atoms with van der Waals surface area (Å²) >= 11 is 16.9. The van der Waals surface area contributed by atoms with Gasteiger partial charge in [0.2, 0.25) is 0 Å². The molecular weight excluding hydrogens is 369 g/mol. The lowest BCUT2D eigenvalue weighted by Gasteiger charge is -2.17. The number of carbonyl (C=O) groups excluding carboxylic acids is 1. The van der Waals surface area contributed by atoms with E-state index in [1.54, 1.807) is 41.5 Å². The van der Waals surface area contributed by atoms with Crippen molar-refractivity contribution in [1.82, 2.24) is 4.90 Å². The molecule has 0 aliphatic carbocycles. The van der Waals surface area contributed by atoms with Crippen LogP contribution in [0.1, 0.15) is 15.9 Å². The van der Waals surface area contributed by atoms with Crippen molar-refractivity contribution in [2.45, 2.75) is 6.54 Å². The van der Waals surface area contributed by atoms with Crippen molar-refractivity contribution in [2.75, 3.05) is 7.05 Å². The van der Waals surface area contributed by atoms with Gasteiger partial charge >= 0.3 is 0 Å². The van der Waals surface area contributed by atoms with Crippen LogP contribution in [-0.2, 0) is 6.54 Å². The highest BCUT2D eigenvalue weighted by atomic mass is 79.9. The van der Waals surface area contributed by atoms with Crippen molar-refractivity contribution in [3.05, 3.63) is 54.6 Å². The smallest absolute Gasteiger partial charge is 0.255 e. The Morgan fingerprint density at radius 3 is 2.68 bits per heavy atom. The summed E-state index contributed by atoms with van der Waals surface area (Å²) in [6.45, 7) is 0.542. The second-order valence-corrected chi connectivity index (χ2v) is 7.18. The minimum Gasteiger partial charge on any atom is -0.337 e. The van der Waals surface area contributed by atoms with Crippen LogP contribution in [0.5, 0.6) is 0 Å². The van der Waals surface area contributed by atoms with E-state index in [1.807, 2.05) is 11.4 Å². The standard InChI is InChI=1S/C13H10BrCl2NOS/c1-17(6-8-4-12(14)19-7-8)13(18)10-3-2-9(15)5-11(10)16/h2-5,7H,6H2,1H3. The number of amides is 1. The maximum Gasteiger partial charge on any atom is 0.255 e. The first-order chi connectivity index (χ1) is 8.97. The van der Waals surface area contributed by atoms with E-state index in [2.05, 4.69) is 15.9 Å². The van der Waals surface area contributed by atoms with Crippen LogP contribution >= 0.6 is 50.5 Å². The molecule has 0 aliphatic rings. The SMILES string of the molecule is CN(Cc1csc(Br)c1)C(=O)c1ccc(Cl)cc1Cl.